The van der Waals surface area contributed by atoms with Gasteiger partial charge in [-0.2, -0.15) is 0 Å². The van der Waals surface area contributed by atoms with Crippen LogP contribution in [0.4, 0.5) is 4.39 Å². The molecule has 0 saturated heterocycles. The van der Waals surface area contributed by atoms with Crippen molar-refractivity contribution in [2.75, 3.05) is 7.11 Å². The zero-order valence-corrected chi connectivity index (χ0v) is 17.9. The van der Waals surface area contributed by atoms with Crippen LogP contribution in [0.3, 0.4) is 0 Å². The van der Waals surface area contributed by atoms with Crippen LogP contribution >= 0.6 is 23.2 Å². The number of nitrogens with one attached hydrogen (secondary N) is 2. The molecule has 2 aromatic carbocycles. The minimum absolute atomic E-state index is 0.0404. The molecule has 2 amide bonds. The fourth-order valence-electron chi connectivity index (χ4n) is 2.87. The highest BCUT2D eigenvalue weighted by atomic mass is 35.5. The van der Waals surface area contributed by atoms with Crippen LogP contribution in [0.1, 0.15) is 18.1 Å². The third-order valence-corrected chi connectivity index (χ3v) is 4.85. The quantitative estimate of drug-likeness (QED) is 0.600. The smallest absolute Gasteiger partial charge is 0.328 e. The van der Waals surface area contributed by atoms with Crippen molar-refractivity contribution in [1.82, 2.24) is 10.6 Å². The van der Waals surface area contributed by atoms with Gasteiger partial charge in [-0.25, -0.2) is 9.18 Å². The van der Waals surface area contributed by atoms with Crippen LogP contribution in [0.15, 0.2) is 42.5 Å². The van der Waals surface area contributed by atoms with Crippen molar-refractivity contribution >= 4 is 41.0 Å². The van der Waals surface area contributed by atoms with Crippen molar-refractivity contribution in [2.45, 2.75) is 31.8 Å². The molecule has 0 unspecified atom stereocenters. The SMILES string of the molecule is COC(=O)[C@@H](Cc1ccc(Cl)cc1Cl)NC(=O)[C@H](Cc1cccc(F)c1)NC(C)=O. The Kier molecular flexibility index (Phi) is 8.62. The van der Waals surface area contributed by atoms with Crippen molar-refractivity contribution in [3.05, 3.63) is 69.5 Å². The summed E-state index contributed by atoms with van der Waals surface area (Å²) in [7, 11) is 1.20. The van der Waals surface area contributed by atoms with Crippen LogP contribution in [0, 0.1) is 5.82 Å². The second kappa shape index (κ2) is 10.9. The van der Waals surface area contributed by atoms with E-state index in [-0.39, 0.29) is 12.8 Å². The Labute approximate surface area is 183 Å². The van der Waals surface area contributed by atoms with E-state index < -0.39 is 35.7 Å². The number of esters is 1. The zero-order chi connectivity index (χ0) is 22.3. The Morgan fingerprint density at radius 1 is 1.03 bits per heavy atom. The Bertz CT molecular complexity index is 939. The molecule has 9 heteroatoms. The summed E-state index contributed by atoms with van der Waals surface area (Å²) in [6.07, 6.45) is 0.0972. The third kappa shape index (κ3) is 7.00. The van der Waals surface area contributed by atoms with Gasteiger partial charge in [-0.15, -0.1) is 0 Å². The van der Waals surface area contributed by atoms with Gasteiger partial charge in [-0.05, 0) is 35.4 Å². The number of carbonyl (C=O) groups excluding carboxylic acids is 3. The van der Waals surface area contributed by atoms with Crippen molar-refractivity contribution in [2.24, 2.45) is 0 Å². The summed E-state index contributed by atoms with van der Waals surface area (Å²) in [5.74, 6) is -2.20. The summed E-state index contributed by atoms with van der Waals surface area (Å²) in [5, 5.41) is 5.88. The highest BCUT2D eigenvalue weighted by Crippen LogP contribution is 2.22. The molecule has 6 nitrogen and oxygen atoms in total. The summed E-state index contributed by atoms with van der Waals surface area (Å²) in [6.45, 7) is 1.26. The minimum Gasteiger partial charge on any atom is -0.467 e. The molecule has 0 saturated carbocycles. The van der Waals surface area contributed by atoms with Gasteiger partial charge in [0.2, 0.25) is 11.8 Å². The number of amides is 2. The Morgan fingerprint density at radius 2 is 1.77 bits per heavy atom. The van der Waals surface area contributed by atoms with Crippen molar-refractivity contribution < 1.29 is 23.5 Å². The van der Waals surface area contributed by atoms with Crippen molar-refractivity contribution in [3.8, 4) is 0 Å². The topological polar surface area (TPSA) is 84.5 Å². The van der Waals surface area contributed by atoms with E-state index in [1.54, 1.807) is 18.2 Å². The molecule has 160 valence electrons. The average molecular weight is 455 g/mol. The number of ether oxygens (including phenoxy) is 1. The molecule has 2 atom stereocenters. The predicted molar refractivity (Wildman–Crippen MR) is 112 cm³/mol. The highest BCUT2D eigenvalue weighted by molar-refractivity contribution is 6.35. The van der Waals surface area contributed by atoms with Gasteiger partial charge in [-0.3, -0.25) is 9.59 Å². The van der Waals surface area contributed by atoms with Crippen molar-refractivity contribution in [1.29, 1.82) is 0 Å². The summed E-state index contributed by atoms with van der Waals surface area (Å²) in [6, 6.07) is 8.41. The number of carbonyl (C=O) groups is 3. The molecule has 0 aliphatic heterocycles. The van der Waals surface area contributed by atoms with E-state index >= 15 is 0 Å². The maximum Gasteiger partial charge on any atom is 0.328 e. The van der Waals surface area contributed by atoms with E-state index in [0.29, 0.717) is 21.2 Å². The van der Waals surface area contributed by atoms with Gasteiger partial charge < -0.3 is 15.4 Å². The Morgan fingerprint density at radius 3 is 2.37 bits per heavy atom. The molecule has 0 aliphatic rings. The zero-order valence-electron chi connectivity index (χ0n) is 16.4. The molecule has 30 heavy (non-hydrogen) atoms. The van der Waals surface area contributed by atoms with Crippen LogP contribution in [-0.4, -0.2) is 37.0 Å². The van der Waals surface area contributed by atoms with Crippen molar-refractivity contribution in [3.63, 3.8) is 0 Å². The van der Waals surface area contributed by atoms with Gasteiger partial charge in [0.05, 0.1) is 7.11 Å². The normalized spacial score (nSPS) is 12.6. The van der Waals surface area contributed by atoms with Gasteiger partial charge in [-0.1, -0.05) is 41.4 Å². The third-order valence-electron chi connectivity index (χ3n) is 4.26. The first-order valence-corrected chi connectivity index (χ1v) is 9.79. The number of hydrogen-bond acceptors (Lipinski definition) is 4. The van der Waals surface area contributed by atoms with E-state index in [0.717, 1.165) is 0 Å². The summed E-state index contributed by atoms with van der Waals surface area (Å²) in [4.78, 5) is 36.7. The molecule has 2 N–H and O–H groups in total. The van der Waals surface area contributed by atoms with E-state index in [4.69, 9.17) is 27.9 Å². The van der Waals surface area contributed by atoms with Crippen LogP contribution in [-0.2, 0) is 32.0 Å². The van der Waals surface area contributed by atoms with Gasteiger partial charge >= 0.3 is 5.97 Å². The lowest BCUT2D eigenvalue weighted by molar-refractivity contribution is -0.145. The first-order chi connectivity index (χ1) is 14.2. The van der Waals surface area contributed by atoms with E-state index in [1.165, 1.54) is 38.3 Å². The van der Waals surface area contributed by atoms with Crippen LogP contribution in [0.5, 0.6) is 0 Å². The molecule has 0 radical (unpaired) electrons. The van der Waals surface area contributed by atoms with Crippen LogP contribution < -0.4 is 10.6 Å². The summed E-state index contributed by atoms with van der Waals surface area (Å²) < 4.78 is 18.3. The molecule has 0 aromatic heterocycles. The standard InChI is InChI=1S/C21H21Cl2FN2O4/c1-12(27)25-18(9-13-4-3-5-16(24)8-13)20(28)26-19(21(29)30-2)10-14-6-7-15(22)11-17(14)23/h3-8,11,18-19H,9-10H2,1-2H3,(H,25,27)(H,26,28)/t18-,19+/m0/s1. The summed E-state index contributed by atoms with van der Waals surface area (Å²) in [5.41, 5.74) is 1.09. The lowest BCUT2D eigenvalue weighted by Crippen LogP contribution is -2.53. The lowest BCUT2D eigenvalue weighted by Gasteiger charge is -2.22. The van der Waals surface area contributed by atoms with Crippen LogP contribution in [0.25, 0.3) is 0 Å². The Balaban J connectivity index is 2.20. The maximum atomic E-state index is 13.5. The molecule has 2 aromatic rings. The molecular weight excluding hydrogens is 434 g/mol. The number of hydrogen-bond donors (Lipinski definition) is 2. The second-order valence-electron chi connectivity index (χ2n) is 6.61. The number of halogens is 3. The maximum absolute atomic E-state index is 13.5. The van der Waals surface area contributed by atoms with E-state index in [1.807, 2.05) is 0 Å². The first kappa shape index (κ1) is 23.6. The molecule has 0 bridgehead atoms. The fraction of sp³-hybridized carbons (Fsp3) is 0.286. The molecular formula is C21H21Cl2FN2O4. The molecule has 0 heterocycles. The molecule has 0 aliphatic carbocycles. The number of methoxy groups -OCH3 is 1. The molecule has 0 spiro atoms. The largest absolute Gasteiger partial charge is 0.467 e. The minimum atomic E-state index is -1.05. The average Bonchev–Trinajstić information content (AvgIpc) is 2.67. The molecule has 0 fully saturated rings. The van der Waals surface area contributed by atoms with Gasteiger partial charge in [0.25, 0.3) is 0 Å². The van der Waals surface area contributed by atoms with E-state index in [9.17, 15) is 18.8 Å². The monoisotopic (exact) mass is 454 g/mol. The number of benzene rings is 2. The number of rotatable bonds is 8. The fourth-order valence-corrected chi connectivity index (χ4v) is 3.35. The summed E-state index contributed by atoms with van der Waals surface area (Å²) >= 11 is 12.1. The predicted octanol–water partition coefficient (Wildman–Crippen LogP) is 3.08. The molecule has 2 rings (SSSR count). The van der Waals surface area contributed by atoms with Crippen LogP contribution in [0.2, 0.25) is 10.0 Å². The van der Waals surface area contributed by atoms with Gasteiger partial charge in [0.15, 0.2) is 0 Å². The van der Waals surface area contributed by atoms with Gasteiger partial charge in [0, 0.05) is 29.8 Å². The van der Waals surface area contributed by atoms with Gasteiger partial charge in [0.1, 0.15) is 17.9 Å². The lowest BCUT2D eigenvalue weighted by atomic mass is 10.0. The second-order valence-corrected chi connectivity index (χ2v) is 7.45. The highest BCUT2D eigenvalue weighted by Gasteiger charge is 2.28. The van der Waals surface area contributed by atoms with E-state index in [2.05, 4.69) is 10.6 Å². The first-order valence-electron chi connectivity index (χ1n) is 9.03. The Hall–Kier alpha value is -2.64.